The van der Waals surface area contributed by atoms with Gasteiger partial charge in [-0.05, 0) is 99.8 Å². The molecule has 72 heavy (non-hydrogen) atoms. The molecule has 13 atom stereocenters. The predicted octanol–water partition coefficient (Wildman–Crippen LogP) is 4.91. The fraction of sp³-hybridized carbons (Fsp3) is 0.585. The van der Waals surface area contributed by atoms with Gasteiger partial charge < -0.3 is 51.4 Å². The highest BCUT2D eigenvalue weighted by Crippen LogP contribution is 2.70. The number of carboxylic acid groups (broad SMARTS) is 1. The lowest BCUT2D eigenvalue weighted by atomic mass is 9.46. The number of carboxylic acids is 1. The van der Waals surface area contributed by atoms with Crippen molar-refractivity contribution in [3.05, 3.63) is 77.5 Å². The number of anilines is 2. The average Bonchev–Trinajstić information content (AvgIpc) is 3.85. The lowest BCUT2D eigenvalue weighted by molar-refractivity contribution is -0.201. The van der Waals surface area contributed by atoms with Gasteiger partial charge in [-0.2, -0.15) is 0 Å². The van der Waals surface area contributed by atoms with E-state index in [0.29, 0.717) is 30.0 Å². The van der Waals surface area contributed by atoms with Crippen LogP contribution in [0.5, 0.6) is 0 Å². The second-order valence-electron chi connectivity index (χ2n) is 20.6. The van der Waals surface area contributed by atoms with E-state index in [4.69, 9.17) is 9.47 Å². The molecule has 2 heterocycles. The molecule has 19 heteroatoms. The van der Waals surface area contributed by atoms with E-state index in [1.54, 1.807) is 36.5 Å². The van der Waals surface area contributed by atoms with Gasteiger partial charge in [-0.15, -0.1) is 11.8 Å². The third-order valence-corrected chi connectivity index (χ3v) is 17.1. The van der Waals surface area contributed by atoms with Gasteiger partial charge in [0.2, 0.25) is 23.6 Å². The summed E-state index contributed by atoms with van der Waals surface area (Å²) >= 11 is 1.30. The predicted molar refractivity (Wildman–Crippen MR) is 269 cm³/mol. The van der Waals surface area contributed by atoms with E-state index in [-0.39, 0.29) is 54.6 Å². The molecule has 1 aliphatic heterocycles. The van der Waals surface area contributed by atoms with E-state index in [2.05, 4.69) is 45.4 Å². The molecule has 4 unspecified atom stereocenters. The van der Waals surface area contributed by atoms with Crippen molar-refractivity contribution in [3.63, 3.8) is 0 Å². The van der Waals surface area contributed by atoms with Crippen LogP contribution in [0.3, 0.4) is 0 Å². The van der Waals surface area contributed by atoms with Crippen LogP contribution in [0.2, 0.25) is 0 Å². The number of pyridine rings is 1. The highest BCUT2D eigenvalue weighted by atomic mass is 32.2. The second-order valence-corrected chi connectivity index (χ2v) is 22.2. The molecule has 390 valence electrons. The van der Waals surface area contributed by atoms with E-state index in [1.807, 2.05) is 38.1 Å². The van der Waals surface area contributed by atoms with Crippen molar-refractivity contribution in [2.75, 3.05) is 23.8 Å². The summed E-state index contributed by atoms with van der Waals surface area (Å²) in [7, 11) is 0. The maximum Gasteiger partial charge on any atom is 0.305 e. The van der Waals surface area contributed by atoms with Gasteiger partial charge in [0, 0.05) is 59.0 Å². The van der Waals surface area contributed by atoms with E-state index in [0.717, 1.165) is 43.2 Å². The van der Waals surface area contributed by atoms with Crippen molar-refractivity contribution in [2.45, 2.75) is 153 Å². The third-order valence-electron chi connectivity index (χ3n) is 15.7. The van der Waals surface area contributed by atoms with Gasteiger partial charge >= 0.3 is 5.97 Å². The minimum Gasteiger partial charge on any atom is -0.481 e. The molecule has 1 saturated heterocycles. The lowest BCUT2D eigenvalue weighted by Crippen LogP contribution is -2.63. The maximum atomic E-state index is 13.9. The van der Waals surface area contributed by atoms with Gasteiger partial charge in [-0.25, -0.2) is 4.98 Å². The molecule has 0 spiro atoms. The van der Waals surface area contributed by atoms with Crippen LogP contribution in [0.4, 0.5) is 11.5 Å². The number of aromatic nitrogens is 1. The van der Waals surface area contributed by atoms with Gasteiger partial charge in [-0.3, -0.25) is 33.6 Å². The normalized spacial score (nSPS) is 29.7. The Hall–Kier alpha value is -5.47. The second kappa shape index (κ2) is 22.7. The Morgan fingerprint density at radius 3 is 2.39 bits per heavy atom. The number of ether oxygens (including phenoxy) is 2. The number of hydrogen-bond acceptors (Lipinski definition) is 14. The van der Waals surface area contributed by atoms with Crippen molar-refractivity contribution < 1.29 is 58.4 Å². The number of thioether (sulfide) groups is 1. The molecule has 1 aromatic carbocycles. The molecule has 3 saturated carbocycles. The summed E-state index contributed by atoms with van der Waals surface area (Å²) < 4.78 is 13.3. The number of aliphatic hydroxyl groups excluding tert-OH is 2. The van der Waals surface area contributed by atoms with Crippen LogP contribution in [0.15, 0.2) is 66.4 Å². The molecule has 4 amide bonds. The first-order chi connectivity index (χ1) is 34.2. The Labute approximate surface area is 424 Å². The monoisotopic (exact) mass is 1010 g/mol. The number of Topliss-reactive ketones (excluding diaryl/α,β-unsaturated/α-hetero) is 1. The summed E-state index contributed by atoms with van der Waals surface area (Å²) in [6.07, 6.45) is 9.19. The van der Waals surface area contributed by atoms with Gasteiger partial charge in [-0.1, -0.05) is 64.3 Å². The number of carbonyl (C=O) groups is 7. The molecule has 2 aromatic rings. The first kappa shape index (κ1) is 54.3. The van der Waals surface area contributed by atoms with Crippen LogP contribution in [0, 0.1) is 28.6 Å². The molecule has 4 fully saturated rings. The van der Waals surface area contributed by atoms with Crippen LogP contribution in [-0.4, -0.2) is 115 Å². The number of aliphatic carboxylic acids is 1. The standard InChI is InChI=1S/C53H70N6O12S/c1-7-8-9-29(2)72-40(24-45(65)66)49(69)54-21-19-44(64)57-30(3)47(67)58-31(4)48(68)59-35-14-10-32(11-15-35)26-55-43-17-12-33(27-56-43)50-70-42-23-38-37-16-13-34-22-36(61)18-20-51(34,5)46(37)39(62)25-52(38,6)53(42,71-50)41(63)28-60/h10-12,14-15,17-18,20,22,27,29-31,37-40,42,46,50,60,62H,7-9,13,16,19,21,23-26,28H2,1-6H3,(H,54,69)(H,55,56)(H,57,64)(H,58,67)(H,59,68)(H,65,66)/t29?,30-,31-,37-,38?,39-,40?,42+,46?,50+,51-,52-,53+/m0/s1. The summed E-state index contributed by atoms with van der Waals surface area (Å²) in [5.41, 5.74) is 0.247. The number of rotatable bonds is 22. The SMILES string of the molecule is CCCCC(C)SC(CC(=O)O)C(=O)NCCC(=O)N[C@@H](C)C(=O)N[C@@H](C)C(=O)Nc1ccc(CNc2ccc([C@@H]3O[C@@H]4CC5[C@@H]6CCC7=CC(=O)C=C[C@]7(C)C6[C@@H](O)C[C@]5(C)[C@]4(C(=O)CO)O3)cn2)cc1. The van der Waals surface area contributed by atoms with Crippen molar-refractivity contribution in [3.8, 4) is 0 Å². The molecular formula is C53H70N6O12S. The Balaban J connectivity index is 0.854. The fourth-order valence-electron chi connectivity index (χ4n) is 12.0. The third kappa shape index (κ3) is 11.3. The summed E-state index contributed by atoms with van der Waals surface area (Å²) in [6, 6.07) is 8.75. The topological polar surface area (TPSA) is 272 Å². The Morgan fingerprint density at radius 1 is 0.972 bits per heavy atom. The molecule has 5 aliphatic rings. The summed E-state index contributed by atoms with van der Waals surface area (Å²) in [5.74, 6) is -3.16. The number of ketones is 2. The van der Waals surface area contributed by atoms with Gasteiger partial charge in [0.25, 0.3) is 0 Å². The van der Waals surface area contributed by atoms with E-state index in [9.17, 15) is 48.9 Å². The van der Waals surface area contributed by atoms with E-state index in [1.165, 1.54) is 25.6 Å². The highest BCUT2D eigenvalue weighted by Gasteiger charge is 2.76. The van der Waals surface area contributed by atoms with Crippen molar-refractivity contribution in [1.29, 1.82) is 0 Å². The van der Waals surface area contributed by atoms with E-state index < -0.39 is 94.3 Å². The van der Waals surface area contributed by atoms with Gasteiger partial charge in [0.1, 0.15) is 24.5 Å². The number of aliphatic hydroxyl groups is 2. The Kier molecular flexibility index (Phi) is 17.2. The van der Waals surface area contributed by atoms with Crippen LogP contribution < -0.4 is 26.6 Å². The van der Waals surface area contributed by atoms with Crippen LogP contribution in [0.1, 0.15) is 117 Å². The zero-order valence-corrected chi connectivity index (χ0v) is 42.7. The van der Waals surface area contributed by atoms with E-state index >= 15 is 0 Å². The fourth-order valence-corrected chi connectivity index (χ4v) is 13.3. The zero-order valence-electron chi connectivity index (χ0n) is 41.9. The summed E-state index contributed by atoms with van der Waals surface area (Å²) in [6.45, 7) is 10.7. The number of amides is 4. The molecule has 4 aliphatic carbocycles. The minimum atomic E-state index is -1.47. The van der Waals surface area contributed by atoms with Crippen molar-refractivity contribution >= 4 is 64.4 Å². The van der Waals surface area contributed by atoms with Gasteiger partial charge in [0.15, 0.2) is 23.5 Å². The molecule has 18 nitrogen and oxygen atoms in total. The van der Waals surface area contributed by atoms with Crippen LogP contribution in [-0.2, 0) is 49.6 Å². The van der Waals surface area contributed by atoms with Crippen molar-refractivity contribution in [2.24, 2.45) is 28.6 Å². The molecule has 1 aromatic heterocycles. The molecule has 8 N–H and O–H groups in total. The smallest absolute Gasteiger partial charge is 0.305 e. The maximum absolute atomic E-state index is 13.9. The number of carbonyl (C=O) groups excluding carboxylic acids is 6. The largest absolute Gasteiger partial charge is 0.481 e. The van der Waals surface area contributed by atoms with Crippen LogP contribution in [0.25, 0.3) is 0 Å². The lowest BCUT2D eigenvalue weighted by Gasteiger charge is -2.59. The molecular weight excluding hydrogens is 945 g/mol. The average molecular weight is 1020 g/mol. The number of benzene rings is 1. The summed E-state index contributed by atoms with van der Waals surface area (Å²) in [5, 5.41) is 44.7. The van der Waals surface area contributed by atoms with Gasteiger partial charge in [0.05, 0.1) is 23.9 Å². The quantitative estimate of drug-likeness (QED) is 0.0779. The molecule has 0 bridgehead atoms. The molecule has 7 rings (SSSR count). The molecule has 0 radical (unpaired) electrons. The number of allylic oxidation sites excluding steroid dienone is 4. The number of nitrogens with zero attached hydrogens (tertiary/aromatic N) is 1. The number of unbranched alkanes of at least 4 members (excludes halogenated alkanes) is 1. The van der Waals surface area contributed by atoms with Crippen LogP contribution >= 0.6 is 11.8 Å². The Bertz CT molecular complexity index is 2430. The number of fused-ring (bicyclic) bond motifs is 7. The number of hydrogen-bond donors (Lipinski definition) is 8. The number of nitrogens with one attached hydrogen (secondary N) is 5. The minimum absolute atomic E-state index is 0.0233. The zero-order chi connectivity index (χ0) is 52.1. The summed E-state index contributed by atoms with van der Waals surface area (Å²) in [4.78, 5) is 93.4. The first-order valence-corrected chi connectivity index (χ1v) is 26.1. The Morgan fingerprint density at radius 2 is 1.71 bits per heavy atom. The van der Waals surface area contributed by atoms with Crippen molar-refractivity contribution in [1.82, 2.24) is 20.9 Å². The first-order valence-electron chi connectivity index (χ1n) is 25.2. The highest BCUT2D eigenvalue weighted by molar-refractivity contribution is 8.01.